The fraction of sp³-hybridized carbons (Fsp3) is 0.368. The smallest absolute Gasteiger partial charge is 0.328 e. The number of nitrogens with two attached hydrogens (primary N) is 1. The maximum atomic E-state index is 12.1. The lowest BCUT2D eigenvalue weighted by Crippen LogP contribution is -2.19. The Kier molecular flexibility index (Phi) is 4.50. The third kappa shape index (κ3) is 3.42. The lowest BCUT2D eigenvalue weighted by atomic mass is 10.2. The Hall–Kier alpha value is -3.36. The number of amides is 1. The minimum absolute atomic E-state index is 0.0712. The third-order valence-electron chi connectivity index (χ3n) is 5.03. The normalized spacial score (nSPS) is 13.6. The van der Waals surface area contributed by atoms with E-state index in [0.717, 1.165) is 40.9 Å². The predicted molar refractivity (Wildman–Crippen MR) is 108 cm³/mol. The molecule has 1 amide bonds. The molecule has 1 aliphatic carbocycles. The Balaban J connectivity index is 1.60. The number of primary amides is 1. The van der Waals surface area contributed by atoms with Gasteiger partial charge in [-0.2, -0.15) is 4.98 Å². The monoisotopic (exact) mass is 381 g/mol. The van der Waals surface area contributed by atoms with E-state index >= 15 is 0 Å². The van der Waals surface area contributed by atoms with Crippen molar-refractivity contribution in [3.63, 3.8) is 0 Å². The molecule has 3 aromatic rings. The standard InChI is InChI=1S/C19H23N7O2/c1-25-14-6-5-12(9-15(14)26(2)19(25)28)23-18-22-10-13(11-3-4-11)17(24-18)21-8-7-16(20)27/h5-6,9-11H,3-4,7-8H2,1-2H3,(H2,20,27)(H2,21,22,23,24). The molecule has 1 saturated carbocycles. The molecular formula is C19H23N7O2. The van der Waals surface area contributed by atoms with Gasteiger partial charge in [-0.15, -0.1) is 0 Å². The molecule has 2 heterocycles. The average molecular weight is 381 g/mol. The molecule has 4 rings (SSSR count). The van der Waals surface area contributed by atoms with E-state index in [2.05, 4.69) is 20.6 Å². The van der Waals surface area contributed by atoms with Gasteiger partial charge in [-0.1, -0.05) is 0 Å². The summed E-state index contributed by atoms with van der Waals surface area (Å²) in [6.45, 7) is 0.434. The average Bonchev–Trinajstić information content (AvgIpc) is 3.48. The number of aryl methyl sites for hydroxylation is 2. The lowest BCUT2D eigenvalue weighted by molar-refractivity contribution is -0.117. The number of rotatable bonds is 7. The van der Waals surface area contributed by atoms with Gasteiger partial charge in [0.05, 0.1) is 11.0 Å². The van der Waals surface area contributed by atoms with Crippen molar-refractivity contribution >= 4 is 34.4 Å². The van der Waals surface area contributed by atoms with Gasteiger partial charge in [-0.05, 0) is 37.0 Å². The second-order valence-electron chi connectivity index (χ2n) is 7.14. The molecule has 0 spiro atoms. The van der Waals surface area contributed by atoms with Gasteiger partial charge in [-0.3, -0.25) is 13.9 Å². The van der Waals surface area contributed by atoms with Crippen LogP contribution in [-0.2, 0) is 18.9 Å². The van der Waals surface area contributed by atoms with Crippen LogP contribution >= 0.6 is 0 Å². The van der Waals surface area contributed by atoms with Crippen LogP contribution in [-0.4, -0.2) is 31.6 Å². The summed E-state index contributed by atoms with van der Waals surface area (Å²) in [5.74, 6) is 1.30. The first-order valence-corrected chi connectivity index (χ1v) is 9.25. The Morgan fingerprint density at radius 2 is 2.00 bits per heavy atom. The molecule has 4 N–H and O–H groups in total. The number of hydrogen-bond acceptors (Lipinski definition) is 6. The highest BCUT2D eigenvalue weighted by molar-refractivity contribution is 5.81. The molecule has 0 saturated heterocycles. The number of anilines is 3. The van der Waals surface area contributed by atoms with Gasteiger partial charge >= 0.3 is 5.69 Å². The van der Waals surface area contributed by atoms with Crippen molar-refractivity contribution < 1.29 is 4.79 Å². The Bertz CT molecular complexity index is 1110. The van der Waals surface area contributed by atoms with Crippen molar-refractivity contribution in [3.05, 3.63) is 40.4 Å². The van der Waals surface area contributed by atoms with Crippen LogP contribution in [0.4, 0.5) is 17.5 Å². The molecule has 1 fully saturated rings. The zero-order chi connectivity index (χ0) is 19.8. The number of benzene rings is 1. The first-order chi connectivity index (χ1) is 13.4. The molecule has 146 valence electrons. The minimum atomic E-state index is -0.352. The van der Waals surface area contributed by atoms with Crippen LogP contribution in [0.3, 0.4) is 0 Å². The Labute approximate surface area is 161 Å². The maximum Gasteiger partial charge on any atom is 0.328 e. The summed E-state index contributed by atoms with van der Waals surface area (Å²) in [6.07, 6.45) is 4.32. The van der Waals surface area contributed by atoms with Gasteiger partial charge in [-0.25, -0.2) is 9.78 Å². The number of nitrogens with zero attached hydrogens (tertiary/aromatic N) is 4. The highest BCUT2D eigenvalue weighted by Crippen LogP contribution is 2.42. The molecule has 28 heavy (non-hydrogen) atoms. The van der Waals surface area contributed by atoms with Gasteiger partial charge in [0.15, 0.2) is 0 Å². The van der Waals surface area contributed by atoms with Crippen LogP contribution in [0.2, 0.25) is 0 Å². The first-order valence-electron chi connectivity index (χ1n) is 9.25. The fourth-order valence-corrected chi connectivity index (χ4v) is 3.30. The number of aromatic nitrogens is 4. The molecule has 0 aliphatic heterocycles. The summed E-state index contributed by atoms with van der Waals surface area (Å²) in [7, 11) is 3.50. The summed E-state index contributed by atoms with van der Waals surface area (Å²) in [4.78, 5) is 32.1. The molecule has 1 aliphatic rings. The van der Waals surface area contributed by atoms with Crippen LogP contribution in [0.15, 0.2) is 29.2 Å². The van der Waals surface area contributed by atoms with Crippen LogP contribution < -0.4 is 22.1 Å². The number of imidazole rings is 1. The summed E-state index contributed by atoms with van der Waals surface area (Å²) < 4.78 is 3.22. The number of nitrogens with one attached hydrogen (secondary N) is 2. The van der Waals surface area contributed by atoms with Crippen LogP contribution in [0, 0.1) is 0 Å². The molecule has 0 atom stereocenters. The lowest BCUT2D eigenvalue weighted by Gasteiger charge is -2.12. The van der Waals surface area contributed by atoms with Crippen LogP contribution in [0.1, 0.15) is 30.7 Å². The summed E-state index contributed by atoms with van der Waals surface area (Å²) in [5, 5.41) is 6.40. The minimum Gasteiger partial charge on any atom is -0.370 e. The second-order valence-corrected chi connectivity index (χ2v) is 7.14. The largest absolute Gasteiger partial charge is 0.370 e. The summed E-state index contributed by atoms with van der Waals surface area (Å²) >= 11 is 0. The van der Waals surface area contributed by atoms with Gasteiger partial charge in [0.25, 0.3) is 0 Å². The number of fused-ring (bicyclic) bond motifs is 1. The van der Waals surface area contributed by atoms with E-state index in [-0.39, 0.29) is 18.0 Å². The van der Waals surface area contributed by atoms with Crippen molar-refractivity contribution in [2.75, 3.05) is 17.2 Å². The van der Waals surface area contributed by atoms with E-state index < -0.39 is 0 Å². The molecule has 9 nitrogen and oxygen atoms in total. The van der Waals surface area contributed by atoms with Gasteiger partial charge < -0.3 is 16.4 Å². The second kappa shape index (κ2) is 6.99. The van der Waals surface area contributed by atoms with Gasteiger partial charge in [0, 0.05) is 44.5 Å². The molecule has 0 unspecified atom stereocenters. The highest BCUT2D eigenvalue weighted by Gasteiger charge is 2.27. The predicted octanol–water partition coefficient (Wildman–Crippen LogP) is 1.58. The van der Waals surface area contributed by atoms with E-state index in [1.807, 2.05) is 24.4 Å². The summed E-state index contributed by atoms with van der Waals surface area (Å²) in [5.41, 5.74) is 8.69. The van der Waals surface area contributed by atoms with Gasteiger partial charge in [0.1, 0.15) is 5.82 Å². The number of carbonyl (C=O) groups is 1. The summed E-state index contributed by atoms with van der Waals surface area (Å²) in [6, 6.07) is 5.68. The van der Waals surface area contributed by atoms with Crippen LogP contribution in [0.5, 0.6) is 0 Å². The molecule has 9 heteroatoms. The van der Waals surface area contributed by atoms with Gasteiger partial charge in [0.2, 0.25) is 11.9 Å². The molecule has 2 aromatic heterocycles. The van der Waals surface area contributed by atoms with E-state index in [9.17, 15) is 9.59 Å². The van der Waals surface area contributed by atoms with Crippen molar-refractivity contribution in [1.29, 1.82) is 0 Å². The zero-order valence-corrected chi connectivity index (χ0v) is 15.9. The SMILES string of the molecule is Cn1c(=O)n(C)c2cc(Nc3ncc(C4CC4)c(NCCC(N)=O)n3)ccc21. The maximum absolute atomic E-state index is 12.1. The van der Waals surface area contributed by atoms with E-state index in [0.29, 0.717) is 18.4 Å². The van der Waals surface area contributed by atoms with E-state index in [1.165, 1.54) is 0 Å². The van der Waals surface area contributed by atoms with Crippen LogP contribution in [0.25, 0.3) is 11.0 Å². The van der Waals surface area contributed by atoms with Crippen molar-refractivity contribution in [2.24, 2.45) is 19.8 Å². The highest BCUT2D eigenvalue weighted by atomic mass is 16.2. The van der Waals surface area contributed by atoms with E-state index in [1.54, 1.807) is 23.2 Å². The molecule has 0 radical (unpaired) electrons. The fourth-order valence-electron chi connectivity index (χ4n) is 3.30. The Morgan fingerprint density at radius 1 is 1.25 bits per heavy atom. The molecular weight excluding hydrogens is 358 g/mol. The molecule has 0 bridgehead atoms. The van der Waals surface area contributed by atoms with E-state index in [4.69, 9.17) is 5.73 Å². The number of carbonyl (C=O) groups excluding carboxylic acids is 1. The topological polar surface area (TPSA) is 120 Å². The quantitative estimate of drug-likeness (QED) is 0.571. The molecule has 1 aromatic carbocycles. The van der Waals surface area contributed by atoms with Crippen molar-refractivity contribution in [2.45, 2.75) is 25.2 Å². The first kappa shape index (κ1) is 18.0. The van der Waals surface area contributed by atoms with Crippen molar-refractivity contribution in [1.82, 2.24) is 19.1 Å². The number of hydrogen-bond donors (Lipinski definition) is 3. The zero-order valence-electron chi connectivity index (χ0n) is 15.9. The van der Waals surface area contributed by atoms with Crippen molar-refractivity contribution in [3.8, 4) is 0 Å². The third-order valence-corrected chi connectivity index (χ3v) is 5.03. The Morgan fingerprint density at radius 3 is 2.71 bits per heavy atom.